The average Bonchev–Trinajstić information content (AvgIpc) is 2.44. The Hall–Kier alpha value is -1.35. The largest absolute Gasteiger partial charge is 0.469 e. The fraction of sp³-hybridized carbons (Fsp3) is 0.611. The van der Waals surface area contributed by atoms with Gasteiger partial charge in [0, 0.05) is 6.04 Å². The van der Waals surface area contributed by atoms with Crippen molar-refractivity contribution < 1.29 is 9.53 Å². The molecule has 1 unspecified atom stereocenters. The SMILES string of the molecule is CCCNC(CC(=O)OC)Cc1ccc(C(C)(C)C)cc1. The van der Waals surface area contributed by atoms with Crippen LogP contribution in [0.15, 0.2) is 24.3 Å². The number of methoxy groups -OCH3 is 1. The lowest BCUT2D eigenvalue weighted by Crippen LogP contribution is -2.34. The summed E-state index contributed by atoms with van der Waals surface area (Å²) in [7, 11) is 1.44. The van der Waals surface area contributed by atoms with Gasteiger partial charge >= 0.3 is 5.97 Å². The van der Waals surface area contributed by atoms with Crippen LogP contribution in [-0.2, 0) is 21.4 Å². The van der Waals surface area contributed by atoms with E-state index < -0.39 is 0 Å². The van der Waals surface area contributed by atoms with E-state index in [9.17, 15) is 4.79 Å². The van der Waals surface area contributed by atoms with Gasteiger partial charge in [-0.05, 0) is 35.9 Å². The van der Waals surface area contributed by atoms with E-state index in [-0.39, 0.29) is 17.4 Å². The van der Waals surface area contributed by atoms with Gasteiger partial charge in [0.25, 0.3) is 0 Å². The van der Waals surface area contributed by atoms with Gasteiger partial charge in [0.15, 0.2) is 0 Å². The van der Waals surface area contributed by atoms with E-state index in [2.05, 4.69) is 57.3 Å². The Labute approximate surface area is 129 Å². The molecule has 0 aliphatic heterocycles. The Morgan fingerprint density at radius 2 is 1.86 bits per heavy atom. The van der Waals surface area contributed by atoms with Gasteiger partial charge < -0.3 is 10.1 Å². The first-order valence-corrected chi connectivity index (χ1v) is 7.76. The summed E-state index contributed by atoms with van der Waals surface area (Å²) in [5.41, 5.74) is 2.75. The molecule has 0 radical (unpaired) electrons. The molecule has 3 nitrogen and oxygen atoms in total. The second-order valence-electron chi connectivity index (χ2n) is 6.58. The summed E-state index contributed by atoms with van der Waals surface area (Å²) in [6, 6.07) is 8.84. The summed E-state index contributed by atoms with van der Waals surface area (Å²) >= 11 is 0. The molecule has 21 heavy (non-hydrogen) atoms. The standard InChI is InChI=1S/C18H29NO2/c1-6-11-19-16(13-17(20)21-5)12-14-7-9-15(10-8-14)18(2,3)4/h7-10,16,19H,6,11-13H2,1-5H3. The first kappa shape index (κ1) is 17.7. The van der Waals surface area contributed by atoms with Crippen LogP contribution in [0.2, 0.25) is 0 Å². The predicted octanol–water partition coefficient (Wildman–Crippen LogP) is 3.46. The number of hydrogen-bond acceptors (Lipinski definition) is 3. The maximum atomic E-state index is 11.5. The molecule has 3 heteroatoms. The number of rotatable bonds is 7. The molecule has 1 atom stereocenters. The van der Waals surface area contributed by atoms with Gasteiger partial charge in [-0.15, -0.1) is 0 Å². The molecular formula is C18H29NO2. The summed E-state index contributed by atoms with van der Waals surface area (Å²) in [6.07, 6.45) is 2.32. The topological polar surface area (TPSA) is 38.3 Å². The van der Waals surface area contributed by atoms with Crippen LogP contribution < -0.4 is 5.32 Å². The summed E-state index contributed by atoms with van der Waals surface area (Å²) < 4.78 is 4.78. The first-order chi connectivity index (χ1) is 9.86. The molecule has 0 aliphatic carbocycles. The van der Waals surface area contributed by atoms with Crippen LogP contribution in [0.3, 0.4) is 0 Å². The van der Waals surface area contributed by atoms with Crippen molar-refractivity contribution in [1.29, 1.82) is 0 Å². The molecule has 0 amide bonds. The van der Waals surface area contributed by atoms with Gasteiger partial charge in [0.05, 0.1) is 13.5 Å². The summed E-state index contributed by atoms with van der Waals surface area (Å²) in [6.45, 7) is 9.68. The Kier molecular flexibility index (Phi) is 6.90. The lowest BCUT2D eigenvalue weighted by molar-refractivity contribution is -0.141. The van der Waals surface area contributed by atoms with E-state index in [0.29, 0.717) is 6.42 Å². The van der Waals surface area contributed by atoms with Crippen LogP contribution in [-0.4, -0.2) is 25.7 Å². The summed E-state index contributed by atoms with van der Waals surface area (Å²) in [5, 5.41) is 3.43. The summed E-state index contributed by atoms with van der Waals surface area (Å²) in [5.74, 6) is -0.157. The Bertz CT molecular complexity index is 432. The molecule has 1 N–H and O–H groups in total. The molecule has 0 aromatic heterocycles. The second kappa shape index (κ2) is 8.18. The number of esters is 1. The highest BCUT2D eigenvalue weighted by Crippen LogP contribution is 2.22. The molecule has 1 aromatic rings. The van der Waals surface area contributed by atoms with E-state index in [0.717, 1.165) is 19.4 Å². The first-order valence-electron chi connectivity index (χ1n) is 7.76. The van der Waals surface area contributed by atoms with Crippen molar-refractivity contribution in [1.82, 2.24) is 5.32 Å². The van der Waals surface area contributed by atoms with E-state index >= 15 is 0 Å². The van der Waals surface area contributed by atoms with Crippen molar-refractivity contribution in [3.8, 4) is 0 Å². The third-order valence-corrected chi connectivity index (χ3v) is 3.63. The normalized spacial score (nSPS) is 13.0. The smallest absolute Gasteiger partial charge is 0.307 e. The van der Waals surface area contributed by atoms with E-state index in [1.807, 2.05) is 0 Å². The molecule has 0 heterocycles. The van der Waals surface area contributed by atoms with Crippen molar-refractivity contribution in [3.63, 3.8) is 0 Å². The monoisotopic (exact) mass is 291 g/mol. The van der Waals surface area contributed by atoms with E-state index in [1.54, 1.807) is 0 Å². The van der Waals surface area contributed by atoms with Gasteiger partial charge in [-0.1, -0.05) is 52.0 Å². The Balaban J connectivity index is 2.71. The Morgan fingerprint density at radius 3 is 2.33 bits per heavy atom. The van der Waals surface area contributed by atoms with Crippen molar-refractivity contribution >= 4 is 5.97 Å². The minimum Gasteiger partial charge on any atom is -0.469 e. The van der Waals surface area contributed by atoms with Crippen LogP contribution in [0, 0.1) is 0 Å². The zero-order valence-corrected chi connectivity index (χ0v) is 14.0. The number of carbonyl (C=O) groups excluding carboxylic acids is 1. The maximum absolute atomic E-state index is 11.5. The van der Waals surface area contributed by atoms with Crippen molar-refractivity contribution in [3.05, 3.63) is 35.4 Å². The number of nitrogens with one attached hydrogen (secondary N) is 1. The van der Waals surface area contributed by atoms with Gasteiger partial charge in [-0.3, -0.25) is 4.79 Å². The minimum atomic E-state index is -0.157. The van der Waals surface area contributed by atoms with E-state index in [4.69, 9.17) is 4.74 Å². The van der Waals surface area contributed by atoms with Crippen molar-refractivity contribution in [2.45, 2.75) is 58.4 Å². The number of hydrogen-bond donors (Lipinski definition) is 1. The van der Waals surface area contributed by atoms with Gasteiger partial charge in [0.1, 0.15) is 0 Å². The fourth-order valence-corrected chi connectivity index (χ4v) is 2.27. The van der Waals surface area contributed by atoms with Crippen LogP contribution in [0.5, 0.6) is 0 Å². The van der Waals surface area contributed by atoms with E-state index in [1.165, 1.54) is 18.2 Å². The van der Waals surface area contributed by atoms with Crippen LogP contribution >= 0.6 is 0 Å². The van der Waals surface area contributed by atoms with Gasteiger partial charge in [-0.2, -0.15) is 0 Å². The lowest BCUT2D eigenvalue weighted by Gasteiger charge is -2.21. The average molecular weight is 291 g/mol. The molecule has 1 aromatic carbocycles. The zero-order chi connectivity index (χ0) is 15.9. The van der Waals surface area contributed by atoms with Crippen LogP contribution in [0.1, 0.15) is 51.7 Å². The molecule has 118 valence electrons. The third kappa shape index (κ3) is 6.30. The molecule has 0 saturated heterocycles. The number of carbonyl (C=O) groups is 1. The molecular weight excluding hydrogens is 262 g/mol. The highest BCUT2D eigenvalue weighted by atomic mass is 16.5. The maximum Gasteiger partial charge on any atom is 0.307 e. The van der Waals surface area contributed by atoms with Crippen molar-refractivity contribution in [2.75, 3.05) is 13.7 Å². The molecule has 0 fully saturated rings. The molecule has 0 saturated carbocycles. The lowest BCUT2D eigenvalue weighted by atomic mass is 9.86. The molecule has 1 rings (SSSR count). The molecule has 0 bridgehead atoms. The van der Waals surface area contributed by atoms with Crippen LogP contribution in [0.4, 0.5) is 0 Å². The minimum absolute atomic E-state index is 0.137. The number of ether oxygens (including phenoxy) is 1. The third-order valence-electron chi connectivity index (χ3n) is 3.63. The quantitative estimate of drug-likeness (QED) is 0.782. The van der Waals surface area contributed by atoms with Gasteiger partial charge in [-0.25, -0.2) is 0 Å². The highest BCUT2D eigenvalue weighted by molar-refractivity contribution is 5.70. The highest BCUT2D eigenvalue weighted by Gasteiger charge is 2.16. The molecule has 0 aliphatic rings. The van der Waals surface area contributed by atoms with Crippen molar-refractivity contribution in [2.24, 2.45) is 0 Å². The molecule has 0 spiro atoms. The van der Waals surface area contributed by atoms with Gasteiger partial charge in [0.2, 0.25) is 0 Å². The number of benzene rings is 1. The Morgan fingerprint density at radius 1 is 1.24 bits per heavy atom. The zero-order valence-electron chi connectivity index (χ0n) is 14.0. The van der Waals surface area contributed by atoms with Crippen LogP contribution in [0.25, 0.3) is 0 Å². The second-order valence-corrected chi connectivity index (χ2v) is 6.58. The predicted molar refractivity (Wildman–Crippen MR) is 87.6 cm³/mol. The fourth-order valence-electron chi connectivity index (χ4n) is 2.27. The summed E-state index contributed by atoms with van der Waals surface area (Å²) in [4.78, 5) is 11.5.